The maximum atomic E-state index is 11.8. The summed E-state index contributed by atoms with van der Waals surface area (Å²) in [6.07, 6.45) is 0.948. The number of hydrogen-bond donors (Lipinski definition) is 2. The van der Waals surface area contributed by atoms with E-state index in [2.05, 4.69) is 15.8 Å². The van der Waals surface area contributed by atoms with Crippen molar-refractivity contribution in [1.82, 2.24) is 5.43 Å². The van der Waals surface area contributed by atoms with Crippen LogP contribution in [-0.4, -0.2) is 18.0 Å². The highest BCUT2D eigenvalue weighted by Crippen LogP contribution is 2.24. The summed E-state index contributed by atoms with van der Waals surface area (Å²) < 4.78 is 0. The van der Waals surface area contributed by atoms with Gasteiger partial charge in [-0.05, 0) is 18.2 Å². The number of halogens is 3. The number of carbonyl (C=O) groups is 2. The number of hydrogen-bond acceptors (Lipinski definition) is 3. The summed E-state index contributed by atoms with van der Waals surface area (Å²) in [5.74, 6) is -1.08. The fraction of sp³-hybridized carbons (Fsp3) is 0.0625. The third-order valence-electron chi connectivity index (χ3n) is 2.84. The minimum absolute atomic E-state index is 0.327. The Balaban J connectivity index is 1.87. The molecule has 2 aromatic rings. The van der Waals surface area contributed by atoms with Gasteiger partial charge in [-0.15, -0.1) is 0 Å². The fourth-order valence-corrected chi connectivity index (χ4v) is 2.28. The number of nitrogens with zero attached hydrogens (tertiary/aromatic N) is 1. The van der Waals surface area contributed by atoms with Crippen LogP contribution in [0.3, 0.4) is 0 Å². The molecule has 0 spiro atoms. The molecule has 2 N–H and O–H groups in total. The number of anilines is 1. The lowest BCUT2D eigenvalue weighted by Crippen LogP contribution is -2.24. The van der Waals surface area contributed by atoms with Gasteiger partial charge in [-0.2, -0.15) is 5.10 Å². The molecule has 0 fully saturated rings. The van der Waals surface area contributed by atoms with Gasteiger partial charge in [0.05, 0.1) is 27.0 Å². The number of carbonyl (C=O) groups excluding carboxylic acids is 2. The molecule has 0 saturated heterocycles. The second-order valence-electron chi connectivity index (χ2n) is 4.64. The van der Waals surface area contributed by atoms with E-state index < -0.39 is 18.2 Å². The molecule has 0 radical (unpaired) electrons. The summed E-state index contributed by atoms with van der Waals surface area (Å²) in [4.78, 5) is 23.5. The largest absolute Gasteiger partial charge is 0.324 e. The first-order valence-electron chi connectivity index (χ1n) is 6.77. The van der Waals surface area contributed by atoms with Crippen LogP contribution >= 0.6 is 34.8 Å². The summed E-state index contributed by atoms with van der Waals surface area (Å²) in [5.41, 5.74) is 3.23. The van der Waals surface area contributed by atoms with Crippen LogP contribution in [0, 0.1) is 0 Å². The Morgan fingerprint density at radius 2 is 1.67 bits per heavy atom. The van der Waals surface area contributed by atoms with Crippen molar-refractivity contribution in [3.8, 4) is 0 Å². The van der Waals surface area contributed by atoms with Gasteiger partial charge in [-0.1, -0.05) is 59.1 Å². The van der Waals surface area contributed by atoms with Crippen molar-refractivity contribution < 1.29 is 9.59 Å². The molecule has 2 amide bonds. The SMILES string of the molecule is O=C(CC(=O)Nc1ccccc1Cl)NN=Cc1cccc(Cl)c1Cl. The van der Waals surface area contributed by atoms with Crippen LogP contribution in [0.4, 0.5) is 5.69 Å². The molecule has 0 aliphatic rings. The highest BCUT2D eigenvalue weighted by atomic mass is 35.5. The Morgan fingerprint density at radius 3 is 2.42 bits per heavy atom. The lowest BCUT2D eigenvalue weighted by atomic mass is 10.2. The smallest absolute Gasteiger partial charge is 0.249 e. The van der Waals surface area contributed by atoms with Gasteiger partial charge in [0, 0.05) is 5.56 Å². The molecular formula is C16H12Cl3N3O2. The highest BCUT2D eigenvalue weighted by molar-refractivity contribution is 6.43. The van der Waals surface area contributed by atoms with E-state index in [9.17, 15) is 9.59 Å². The van der Waals surface area contributed by atoms with Crippen LogP contribution < -0.4 is 10.7 Å². The zero-order valence-electron chi connectivity index (χ0n) is 12.2. The second kappa shape index (κ2) is 8.68. The van der Waals surface area contributed by atoms with Gasteiger partial charge < -0.3 is 5.32 Å². The zero-order valence-corrected chi connectivity index (χ0v) is 14.5. The third-order valence-corrected chi connectivity index (χ3v) is 4.01. The Hall–Kier alpha value is -2.08. The Bertz CT molecular complexity index is 794. The number of rotatable bonds is 5. The quantitative estimate of drug-likeness (QED) is 0.462. The Morgan fingerprint density at radius 1 is 0.958 bits per heavy atom. The number of nitrogens with one attached hydrogen (secondary N) is 2. The zero-order chi connectivity index (χ0) is 17.5. The molecule has 0 unspecified atom stereocenters. The van der Waals surface area contributed by atoms with Crippen molar-refractivity contribution in [3.05, 3.63) is 63.1 Å². The fourth-order valence-electron chi connectivity index (χ4n) is 1.74. The summed E-state index contributed by atoms with van der Waals surface area (Å²) in [5, 5.41) is 7.39. The van der Waals surface area contributed by atoms with Gasteiger partial charge in [0.15, 0.2) is 0 Å². The van der Waals surface area contributed by atoms with E-state index in [-0.39, 0.29) is 0 Å². The lowest BCUT2D eigenvalue weighted by molar-refractivity contribution is -0.126. The van der Waals surface area contributed by atoms with Crippen molar-refractivity contribution >= 4 is 58.5 Å². The van der Waals surface area contributed by atoms with Crippen LogP contribution in [0.1, 0.15) is 12.0 Å². The predicted molar refractivity (Wildman–Crippen MR) is 96.9 cm³/mol. The maximum Gasteiger partial charge on any atom is 0.249 e. The van der Waals surface area contributed by atoms with Crippen LogP contribution in [0.2, 0.25) is 15.1 Å². The molecule has 0 aliphatic carbocycles. The molecule has 24 heavy (non-hydrogen) atoms. The first-order chi connectivity index (χ1) is 11.5. The monoisotopic (exact) mass is 383 g/mol. The van der Waals surface area contributed by atoms with Crippen molar-refractivity contribution in [2.45, 2.75) is 6.42 Å². The maximum absolute atomic E-state index is 11.8. The molecule has 5 nitrogen and oxygen atoms in total. The molecule has 0 aliphatic heterocycles. The summed E-state index contributed by atoms with van der Waals surface area (Å²) in [6, 6.07) is 11.8. The van der Waals surface area contributed by atoms with Gasteiger partial charge in [0.1, 0.15) is 6.42 Å². The normalized spacial score (nSPS) is 10.6. The van der Waals surface area contributed by atoms with Crippen LogP contribution in [0.15, 0.2) is 47.6 Å². The second-order valence-corrected chi connectivity index (χ2v) is 5.83. The van der Waals surface area contributed by atoms with E-state index in [0.29, 0.717) is 26.3 Å². The minimum Gasteiger partial charge on any atom is -0.324 e. The Labute approximate surface area is 153 Å². The third kappa shape index (κ3) is 5.23. The van der Waals surface area contributed by atoms with Crippen LogP contribution in [-0.2, 0) is 9.59 Å². The molecule has 0 bridgehead atoms. The molecule has 2 aromatic carbocycles. The van der Waals surface area contributed by atoms with Gasteiger partial charge in [-0.25, -0.2) is 5.43 Å². The number of para-hydroxylation sites is 1. The number of amides is 2. The van der Waals surface area contributed by atoms with E-state index in [1.54, 1.807) is 42.5 Å². The molecular weight excluding hydrogens is 373 g/mol. The molecule has 124 valence electrons. The van der Waals surface area contributed by atoms with Crippen LogP contribution in [0.25, 0.3) is 0 Å². The van der Waals surface area contributed by atoms with Crippen molar-refractivity contribution in [3.63, 3.8) is 0 Å². The molecule has 2 rings (SSSR count). The van der Waals surface area contributed by atoms with Crippen molar-refractivity contribution in [1.29, 1.82) is 0 Å². The van der Waals surface area contributed by atoms with Gasteiger partial charge in [-0.3, -0.25) is 9.59 Å². The van der Waals surface area contributed by atoms with Gasteiger partial charge in [0.2, 0.25) is 11.8 Å². The first-order valence-corrected chi connectivity index (χ1v) is 7.91. The highest BCUT2D eigenvalue weighted by Gasteiger charge is 2.10. The predicted octanol–water partition coefficient (Wildman–Crippen LogP) is 4.13. The molecule has 0 saturated carbocycles. The van der Waals surface area contributed by atoms with E-state index >= 15 is 0 Å². The minimum atomic E-state index is -0.575. The number of hydrazone groups is 1. The van der Waals surface area contributed by atoms with E-state index in [0.717, 1.165) is 0 Å². The molecule has 0 atom stereocenters. The molecule has 0 aromatic heterocycles. The average molecular weight is 385 g/mol. The average Bonchev–Trinajstić information content (AvgIpc) is 2.53. The topological polar surface area (TPSA) is 70.6 Å². The van der Waals surface area contributed by atoms with E-state index in [1.807, 2.05) is 0 Å². The van der Waals surface area contributed by atoms with Crippen molar-refractivity contribution in [2.24, 2.45) is 5.10 Å². The lowest BCUT2D eigenvalue weighted by Gasteiger charge is -2.06. The summed E-state index contributed by atoms with van der Waals surface area (Å²) in [6.45, 7) is 0. The Kier molecular flexibility index (Phi) is 6.61. The summed E-state index contributed by atoms with van der Waals surface area (Å²) >= 11 is 17.8. The first kappa shape index (κ1) is 18.3. The molecule has 8 heteroatoms. The standard InChI is InChI=1S/C16H12Cl3N3O2/c17-11-5-1-2-7-13(11)21-14(23)8-15(24)22-20-9-10-4-3-6-12(18)16(10)19/h1-7,9H,8H2,(H,21,23)(H,22,24). The van der Waals surface area contributed by atoms with E-state index in [4.69, 9.17) is 34.8 Å². The van der Waals surface area contributed by atoms with E-state index in [1.165, 1.54) is 6.21 Å². The van der Waals surface area contributed by atoms with Crippen molar-refractivity contribution in [2.75, 3.05) is 5.32 Å². The van der Waals surface area contributed by atoms with Crippen LogP contribution in [0.5, 0.6) is 0 Å². The van der Waals surface area contributed by atoms with Gasteiger partial charge in [0.25, 0.3) is 0 Å². The summed E-state index contributed by atoms with van der Waals surface area (Å²) in [7, 11) is 0. The molecule has 0 heterocycles. The van der Waals surface area contributed by atoms with Gasteiger partial charge >= 0.3 is 0 Å². The number of benzene rings is 2.